The fourth-order valence-corrected chi connectivity index (χ4v) is 5.31. The average Bonchev–Trinajstić information content (AvgIpc) is 3.21. The average molecular weight is 523 g/mol. The van der Waals surface area contributed by atoms with Crippen molar-refractivity contribution in [2.45, 2.75) is 19.1 Å². The first kappa shape index (κ1) is 25.4. The standard InChI is InChI=1S/C27H26N2O3.CH4O3S/c1-18-16-20-8-5-11-24-25(20)29(18)23(17-28-12-14-31-15-13-28)27(32-24)26(30)22-10-4-7-19-6-2-3-9-21(19)22;1-5(2,3)4/h2-11,16,23,27H,12-15,17H2,1H3;1H3,(H,2,3,4). The highest BCUT2D eigenvalue weighted by Crippen LogP contribution is 2.40. The van der Waals surface area contributed by atoms with Crippen LogP contribution in [0.1, 0.15) is 22.1 Å². The van der Waals surface area contributed by atoms with Crippen molar-refractivity contribution in [2.24, 2.45) is 0 Å². The van der Waals surface area contributed by atoms with Gasteiger partial charge in [0.15, 0.2) is 6.10 Å². The van der Waals surface area contributed by atoms with Crippen molar-refractivity contribution >= 4 is 37.6 Å². The van der Waals surface area contributed by atoms with E-state index in [0.717, 1.165) is 71.5 Å². The number of morpholine rings is 1. The molecule has 1 aromatic heterocycles. The highest BCUT2D eigenvalue weighted by molar-refractivity contribution is 7.85. The molecule has 0 bridgehead atoms. The molecule has 6 rings (SSSR count). The minimum atomic E-state index is -3.67. The highest BCUT2D eigenvalue weighted by atomic mass is 32.2. The van der Waals surface area contributed by atoms with E-state index >= 15 is 0 Å². The number of benzene rings is 3. The van der Waals surface area contributed by atoms with Crippen molar-refractivity contribution in [3.8, 4) is 5.75 Å². The monoisotopic (exact) mass is 522 g/mol. The summed E-state index contributed by atoms with van der Waals surface area (Å²) in [4.78, 5) is 16.4. The Hall–Kier alpha value is -3.24. The molecule has 8 nitrogen and oxygen atoms in total. The molecule has 0 spiro atoms. The van der Waals surface area contributed by atoms with Crippen molar-refractivity contribution in [1.29, 1.82) is 0 Å². The Morgan fingerprint density at radius 2 is 1.65 bits per heavy atom. The van der Waals surface area contributed by atoms with Gasteiger partial charge in [-0.15, -0.1) is 0 Å². The minimum Gasteiger partial charge on any atom is -0.478 e. The lowest BCUT2D eigenvalue weighted by Crippen LogP contribution is -2.48. The molecule has 0 saturated carbocycles. The van der Waals surface area contributed by atoms with E-state index in [-0.39, 0.29) is 11.8 Å². The first-order chi connectivity index (χ1) is 17.7. The van der Waals surface area contributed by atoms with Gasteiger partial charge in [0.05, 0.1) is 31.0 Å². The molecule has 3 heterocycles. The second-order valence-corrected chi connectivity index (χ2v) is 11.0. The maximum absolute atomic E-state index is 14.0. The summed E-state index contributed by atoms with van der Waals surface area (Å²) in [6, 6.07) is 22.2. The Kier molecular flexibility index (Phi) is 7.04. The number of ketones is 1. The molecule has 0 aliphatic carbocycles. The van der Waals surface area contributed by atoms with Gasteiger partial charge < -0.3 is 14.0 Å². The summed E-state index contributed by atoms with van der Waals surface area (Å²) in [5.41, 5.74) is 2.97. The fourth-order valence-electron chi connectivity index (χ4n) is 5.31. The van der Waals surface area contributed by atoms with E-state index in [2.05, 4.69) is 28.5 Å². The van der Waals surface area contributed by atoms with Crippen LogP contribution >= 0.6 is 0 Å². The van der Waals surface area contributed by atoms with Crippen molar-refractivity contribution in [1.82, 2.24) is 9.47 Å². The molecule has 1 saturated heterocycles. The first-order valence-corrected chi connectivity index (χ1v) is 14.1. The number of nitrogens with zero attached hydrogens (tertiary/aromatic N) is 2. The van der Waals surface area contributed by atoms with E-state index in [0.29, 0.717) is 6.26 Å². The van der Waals surface area contributed by atoms with E-state index in [4.69, 9.17) is 14.0 Å². The molecular formula is C28H30N2O6S. The van der Waals surface area contributed by atoms with Crippen LogP contribution in [0, 0.1) is 6.92 Å². The Labute approximate surface area is 216 Å². The maximum atomic E-state index is 14.0. The number of hydrogen-bond acceptors (Lipinski definition) is 6. The molecule has 9 heteroatoms. The third-order valence-electron chi connectivity index (χ3n) is 6.81. The van der Waals surface area contributed by atoms with E-state index in [1.54, 1.807) is 0 Å². The van der Waals surface area contributed by atoms with Crippen LogP contribution in [0.4, 0.5) is 0 Å². The Bertz CT molecular complexity index is 1540. The number of aromatic nitrogens is 1. The van der Waals surface area contributed by atoms with Crippen LogP contribution in [0.15, 0.2) is 66.7 Å². The summed E-state index contributed by atoms with van der Waals surface area (Å²) in [7, 11) is -3.67. The number of carbonyl (C=O) groups excluding carboxylic acids is 1. The number of fused-ring (bicyclic) bond motifs is 1. The van der Waals surface area contributed by atoms with Crippen LogP contribution in [-0.4, -0.2) is 73.4 Å². The summed E-state index contributed by atoms with van der Waals surface area (Å²) in [6.45, 7) is 6.08. The second-order valence-electron chi connectivity index (χ2n) is 9.49. The lowest BCUT2D eigenvalue weighted by atomic mass is 9.94. The lowest BCUT2D eigenvalue weighted by Gasteiger charge is -2.38. The van der Waals surface area contributed by atoms with Gasteiger partial charge in [-0.3, -0.25) is 14.2 Å². The van der Waals surface area contributed by atoms with Gasteiger partial charge in [-0.05, 0) is 29.8 Å². The molecule has 4 aromatic rings. The molecule has 2 aliphatic heterocycles. The largest absolute Gasteiger partial charge is 0.478 e. The zero-order valence-electron chi connectivity index (χ0n) is 20.8. The molecule has 194 valence electrons. The zero-order valence-corrected chi connectivity index (χ0v) is 21.6. The number of rotatable bonds is 4. The summed E-state index contributed by atoms with van der Waals surface area (Å²) >= 11 is 0. The van der Waals surface area contributed by atoms with Gasteiger partial charge in [0.2, 0.25) is 5.78 Å². The Morgan fingerprint density at radius 3 is 2.41 bits per heavy atom. The quantitative estimate of drug-likeness (QED) is 0.318. The Morgan fingerprint density at radius 1 is 1.00 bits per heavy atom. The molecule has 3 aromatic carbocycles. The van der Waals surface area contributed by atoms with Crippen LogP contribution in [0.5, 0.6) is 5.75 Å². The van der Waals surface area contributed by atoms with Gasteiger partial charge in [-0.25, -0.2) is 0 Å². The molecule has 2 unspecified atom stereocenters. The van der Waals surface area contributed by atoms with Crippen LogP contribution in [0.3, 0.4) is 0 Å². The minimum absolute atomic E-state index is 0.0378. The first-order valence-electron chi connectivity index (χ1n) is 12.2. The summed E-state index contributed by atoms with van der Waals surface area (Å²) in [6.07, 6.45) is 0.125. The van der Waals surface area contributed by atoms with Gasteiger partial charge in [-0.1, -0.05) is 54.6 Å². The van der Waals surface area contributed by atoms with Gasteiger partial charge in [0.1, 0.15) is 5.75 Å². The van der Waals surface area contributed by atoms with Crippen LogP contribution in [0.25, 0.3) is 21.7 Å². The van der Waals surface area contributed by atoms with Crippen molar-refractivity contribution < 1.29 is 27.2 Å². The van der Waals surface area contributed by atoms with Crippen molar-refractivity contribution in [3.63, 3.8) is 0 Å². The van der Waals surface area contributed by atoms with E-state index in [9.17, 15) is 13.2 Å². The number of para-hydroxylation sites is 1. The number of aryl methyl sites for hydroxylation is 1. The predicted molar refractivity (Wildman–Crippen MR) is 143 cm³/mol. The maximum Gasteiger partial charge on any atom is 0.261 e. The summed E-state index contributed by atoms with van der Waals surface area (Å²) in [5.74, 6) is 0.822. The Balaban J connectivity index is 0.000000514. The van der Waals surface area contributed by atoms with Crippen molar-refractivity contribution in [2.75, 3.05) is 39.1 Å². The molecule has 37 heavy (non-hydrogen) atoms. The third kappa shape index (κ3) is 5.40. The molecule has 0 amide bonds. The van der Waals surface area contributed by atoms with Crippen LogP contribution in [-0.2, 0) is 14.9 Å². The smallest absolute Gasteiger partial charge is 0.261 e. The lowest BCUT2D eigenvalue weighted by molar-refractivity contribution is 0.0175. The molecule has 2 atom stereocenters. The van der Waals surface area contributed by atoms with E-state index in [1.807, 2.05) is 54.6 Å². The molecule has 1 N–H and O–H groups in total. The molecular weight excluding hydrogens is 492 g/mol. The number of hydrogen-bond donors (Lipinski definition) is 1. The van der Waals surface area contributed by atoms with Gasteiger partial charge in [0, 0.05) is 36.3 Å². The topological polar surface area (TPSA) is 98.1 Å². The number of carbonyl (C=O) groups is 1. The molecule has 0 radical (unpaired) electrons. The van der Waals surface area contributed by atoms with E-state index < -0.39 is 16.2 Å². The normalized spacial score (nSPS) is 19.8. The highest BCUT2D eigenvalue weighted by Gasteiger charge is 2.39. The van der Waals surface area contributed by atoms with Gasteiger partial charge in [-0.2, -0.15) is 8.42 Å². The van der Waals surface area contributed by atoms with Crippen LogP contribution < -0.4 is 4.74 Å². The van der Waals surface area contributed by atoms with Gasteiger partial charge >= 0.3 is 0 Å². The zero-order chi connectivity index (χ0) is 26.2. The van der Waals surface area contributed by atoms with Crippen molar-refractivity contribution in [3.05, 3.63) is 78.0 Å². The van der Waals surface area contributed by atoms with Crippen LogP contribution in [0.2, 0.25) is 0 Å². The number of ether oxygens (including phenoxy) is 2. The number of Topliss-reactive ketones (excluding diaryl/α,β-unsaturated/α-hetero) is 1. The molecule has 1 fully saturated rings. The summed E-state index contributed by atoms with van der Waals surface area (Å²) < 4.78 is 40.3. The third-order valence-corrected chi connectivity index (χ3v) is 6.81. The molecule has 2 aliphatic rings. The SMILES string of the molecule is CS(=O)(=O)O.Cc1cc2cccc3c2n1C(CN1CCOCC1)C(C(=O)c1cccc2ccccc12)O3. The summed E-state index contributed by atoms with van der Waals surface area (Å²) in [5, 5.41) is 3.20. The second kappa shape index (κ2) is 10.3. The van der Waals surface area contributed by atoms with E-state index in [1.165, 1.54) is 0 Å². The fraction of sp³-hybridized carbons (Fsp3) is 0.321. The predicted octanol–water partition coefficient (Wildman–Crippen LogP) is 4.12. The van der Waals surface area contributed by atoms with Gasteiger partial charge in [0.25, 0.3) is 10.1 Å².